The molecule has 0 aliphatic carbocycles. The predicted octanol–water partition coefficient (Wildman–Crippen LogP) is 4.96. The molecule has 0 fully saturated rings. The molecule has 26 heavy (non-hydrogen) atoms. The minimum absolute atomic E-state index is 0.260. The summed E-state index contributed by atoms with van der Waals surface area (Å²) in [7, 11) is 0. The minimum Gasteiger partial charge on any atom is -0.345 e. The minimum atomic E-state index is -0.339. The lowest BCUT2D eigenvalue weighted by Gasteiger charge is -2.12. The van der Waals surface area contributed by atoms with Crippen LogP contribution in [0.1, 0.15) is 16.8 Å². The van der Waals surface area contributed by atoms with Gasteiger partial charge in [0.2, 0.25) is 0 Å². The standard InChI is InChI=1S/C20H19ClFN3O/c1-14-7-8-19(18(21)10-14)24-20(26)23-12-17-6-3-9-25(17)13-15-4-2-5-16(22)11-15/h2-11H,12-13H2,1H3,(H2,23,24,26). The van der Waals surface area contributed by atoms with E-state index < -0.39 is 0 Å². The summed E-state index contributed by atoms with van der Waals surface area (Å²) >= 11 is 6.12. The first-order valence-electron chi connectivity index (χ1n) is 8.21. The number of amides is 2. The molecule has 2 amide bonds. The maximum Gasteiger partial charge on any atom is 0.319 e. The molecule has 0 unspecified atom stereocenters. The van der Waals surface area contributed by atoms with E-state index in [4.69, 9.17) is 11.6 Å². The molecule has 2 N–H and O–H groups in total. The fraction of sp³-hybridized carbons (Fsp3) is 0.150. The molecule has 0 radical (unpaired) electrons. The average molecular weight is 372 g/mol. The van der Waals surface area contributed by atoms with E-state index in [1.54, 1.807) is 18.2 Å². The van der Waals surface area contributed by atoms with Gasteiger partial charge in [-0.2, -0.15) is 0 Å². The molecular formula is C20H19ClFN3O. The zero-order chi connectivity index (χ0) is 18.5. The molecule has 0 spiro atoms. The van der Waals surface area contributed by atoms with Gasteiger partial charge < -0.3 is 15.2 Å². The predicted molar refractivity (Wildman–Crippen MR) is 102 cm³/mol. The van der Waals surface area contributed by atoms with Gasteiger partial charge in [0.1, 0.15) is 5.82 Å². The number of halogens is 2. The summed E-state index contributed by atoms with van der Waals surface area (Å²) in [6.07, 6.45) is 1.90. The molecule has 0 aliphatic heterocycles. The first-order valence-corrected chi connectivity index (χ1v) is 8.58. The zero-order valence-corrected chi connectivity index (χ0v) is 15.1. The number of nitrogens with one attached hydrogen (secondary N) is 2. The lowest BCUT2D eigenvalue weighted by Crippen LogP contribution is -2.29. The van der Waals surface area contributed by atoms with E-state index in [0.717, 1.165) is 16.8 Å². The monoisotopic (exact) mass is 371 g/mol. The third-order valence-corrected chi connectivity index (χ3v) is 4.28. The van der Waals surface area contributed by atoms with Crippen LogP contribution in [0.5, 0.6) is 0 Å². The van der Waals surface area contributed by atoms with Gasteiger partial charge in [0, 0.05) is 18.4 Å². The molecule has 4 nitrogen and oxygen atoms in total. The largest absolute Gasteiger partial charge is 0.345 e. The summed E-state index contributed by atoms with van der Waals surface area (Å²) < 4.78 is 15.3. The van der Waals surface area contributed by atoms with Crippen molar-refractivity contribution in [3.8, 4) is 0 Å². The maximum atomic E-state index is 13.3. The Morgan fingerprint density at radius 3 is 2.77 bits per heavy atom. The molecule has 0 aliphatic rings. The second kappa shape index (κ2) is 8.06. The highest BCUT2D eigenvalue weighted by molar-refractivity contribution is 6.33. The Labute approximate surface area is 156 Å². The maximum absolute atomic E-state index is 13.3. The first kappa shape index (κ1) is 18.0. The van der Waals surface area contributed by atoms with E-state index in [1.807, 2.05) is 42.0 Å². The third kappa shape index (κ3) is 4.64. The Kier molecular flexibility index (Phi) is 5.58. The summed E-state index contributed by atoms with van der Waals surface area (Å²) in [5.41, 5.74) is 3.36. The number of urea groups is 1. The summed E-state index contributed by atoms with van der Waals surface area (Å²) in [6.45, 7) is 2.81. The van der Waals surface area contributed by atoms with Gasteiger partial charge in [-0.3, -0.25) is 0 Å². The van der Waals surface area contributed by atoms with E-state index >= 15 is 0 Å². The van der Waals surface area contributed by atoms with Crippen molar-refractivity contribution < 1.29 is 9.18 Å². The van der Waals surface area contributed by atoms with E-state index in [2.05, 4.69) is 10.6 Å². The molecule has 1 aromatic heterocycles. The van der Waals surface area contributed by atoms with Crippen molar-refractivity contribution in [2.45, 2.75) is 20.0 Å². The van der Waals surface area contributed by atoms with Crippen LogP contribution in [-0.4, -0.2) is 10.6 Å². The van der Waals surface area contributed by atoms with Crippen LogP contribution in [0.15, 0.2) is 60.8 Å². The number of benzene rings is 2. The second-order valence-corrected chi connectivity index (χ2v) is 6.46. The number of aromatic nitrogens is 1. The molecule has 0 atom stereocenters. The van der Waals surface area contributed by atoms with Gasteiger partial charge in [-0.25, -0.2) is 9.18 Å². The zero-order valence-electron chi connectivity index (χ0n) is 14.3. The Hall–Kier alpha value is -2.79. The molecule has 6 heteroatoms. The third-order valence-electron chi connectivity index (χ3n) is 3.97. The lowest BCUT2D eigenvalue weighted by atomic mass is 10.2. The van der Waals surface area contributed by atoms with Crippen LogP contribution in [0.3, 0.4) is 0 Å². The molecule has 134 valence electrons. The summed E-state index contributed by atoms with van der Waals surface area (Å²) in [5.74, 6) is -0.260. The van der Waals surface area contributed by atoms with Crippen LogP contribution in [0.4, 0.5) is 14.9 Å². The van der Waals surface area contributed by atoms with Crippen molar-refractivity contribution in [1.29, 1.82) is 0 Å². The normalized spacial score (nSPS) is 10.6. The number of anilines is 1. The van der Waals surface area contributed by atoms with E-state index in [9.17, 15) is 9.18 Å². The van der Waals surface area contributed by atoms with Crippen molar-refractivity contribution in [1.82, 2.24) is 9.88 Å². The van der Waals surface area contributed by atoms with Gasteiger partial charge >= 0.3 is 6.03 Å². The summed E-state index contributed by atoms with van der Waals surface area (Å²) in [5, 5.41) is 6.04. The fourth-order valence-corrected chi connectivity index (χ4v) is 2.94. The lowest BCUT2D eigenvalue weighted by molar-refractivity contribution is 0.251. The fourth-order valence-electron chi connectivity index (χ4n) is 2.66. The quantitative estimate of drug-likeness (QED) is 0.654. The van der Waals surface area contributed by atoms with Gasteiger partial charge in [-0.1, -0.05) is 29.8 Å². The molecule has 0 bridgehead atoms. The van der Waals surface area contributed by atoms with Gasteiger partial charge in [0.15, 0.2) is 0 Å². The smallest absolute Gasteiger partial charge is 0.319 e. The topological polar surface area (TPSA) is 46.1 Å². The van der Waals surface area contributed by atoms with Crippen molar-refractivity contribution in [2.24, 2.45) is 0 Å². The van der Waals surface area contributed by atoms with Crippen molar-refractivity contribution in [3.63, 3.8) is 0 Å². The van der Waals surface area contributed by atoms with Crippen LogP contribution < -0.4 is 10.6 Å². The number of nitrogens with zero attached hydrogens (tertiary/aromatic N) is 1. The van der Waals surface area contributed by atoms with E-state index in [1.165, 1.54) is 12.1 Å². The van der Waals surface area contributed by atoms with Crippen LogP contribution in [0.25, 0.3) is 0 Å². The van der Waals surface area contributed by atoms with Crippen LogP contribution in [-0.2, 0) is 13.1 Å². The molecule has 1 heterocycles. The summed E-state index contributed by atoms with van der Waals surface area (Å²) in [6, 6.07) is 15.4. The first-order chi connectivity index (χ1) is 12.5. The number of carbonyl (C=O) groups is 1. The number of hydrogen-bond donors (Lipinski definition) is 2. The van der Waals surface area contributed by atoms with Crippen LogP contribution in [0, 0.1) is 12.7 Å². The van der Waals surface area contributed by atoms with Gasteiger partial charge in [-0.15, -0.1) is 0 Å². The molecule has 0 saturated heterocycles. The molecule has 3 rings (SSSR count). The molecule has 3 aromatic rings. The number of hydrogen-bond acceptors (Lipinski definition) is 1. The van der Waals surface area contributed by atoms with Crippen LogP contribution >= 0.6 is 11.6 Å². The molecule has 2 aromatic carbocycles. The van der Waals surface area contributed by atoms with Crippen molar-refractivity contribution in [3.05, 3.63) is 88.5 Å². The van der Waals surface area contributed by atoms with Gasteiger partial charge in [0.05, 0.1) is 17.3 Å². The van der Waals surface area contributed by atoms with Gasteiger partial charge in [0.25, 0.3) is 0 Å². The van der Waals surface area contributed by atoms with Crippen LogP contribution in [0.2, 0.25) is 5.02 Å². The number of carbonyl (C=O) groups excluding carboxylic acids is 1. The van der Waals surface area contributed by atoms with E-state index in [0.29, 0.717) is 23.8 Å². The van der Waals surface area contributed by atoms with Crippen molar-refractivity contribution >= 4 is 23.3 Å². The Balaban J connectivity index is 1.60. The van der Waals surface area contributed by atoms with Crippen molar-refractivity contribution in [2.75, 3.05) is 5.32 Å². The van der Waals surface area contributed by atoms with Gasteiger partial charge in [-0.05, 0) is 54.4 Å². The highest BCUT2D eigenvalue weighted by Gasteiger charge is 2.08. The Morgan fingerprint density at radius 1 is 1.15 bits per heavy atom. The average Bonchev–Trinajstić information content (AvgIpc) is 3.03. The highest BCUT2D eigenvalue weighted by Crippen LogP contribution is 2.22. The SMILES string of the molecule is Cc1ccc(NC(=O)NCc2cccn2Cc2cccc(F)c2)c(Cl)c1. The summed E-state index contributed by atoms with van der Waals surface area (Å²) in [4.78, 5) is 12.1. The molecular weight excluding hydrogens is 353 g/mol. The highest BCUT2D eigenvalue weighted by atomic mass is 35.5. The Morgan fingerprint density at radius 2 is 2.00 bits per heavy atom. The molecule has 0 saturated carbocycles. The Bertz CT molecular complexity index is 923. The number of rotatable bonds is 5. The second-order valence-electron chi connectivity index (χ2n) is 6.05. The number of aryl methyl sites for hydroxylation is 1. The van der Waals surface area contributed by atoms with E-state index in [-0.39, 0.29) is 11.8 Å².